The van der Waals surface area contributed by atoms with Crippen LogP contribution >= 0.6 is 22.9 Å². The van der Waals surface area contributed by atoms with Crippen LogP contribution in [0.15, 0.2) is 67.0 Å². The molecule has 0 atom stereocenters. The Hall–Kier alpha value is -2.71. The highest BCUT2D eigenvalue weighted by molar-refractivity contribution is 14.1. The van der Waals surface area contributed by atoms with E-state index >= 15 is 0 Å². The first-order chi connectivity index (χ1) is 14.7. The average Bonchev–Trinajstić information content (AvgIpc) is 3.10. The molecule has 3 aromatic rings. The molecule has 0 unspecified atom stereocenters. The lowest BCUT2D eigenvalue weighted by Crippen LogP contribution is -2.19. The first-order valence-corrected chi connectivity index (χ1v) is 10.9. The molecule has 152 valence electrons. The number of amides is 1. The summed E-state index contributed by atoms with van der Waals surface area (Å²) < 4.78 is 2.24. The molecule has 4 rings (SSSR count). The molecule has 5 nitrogen and oxygen atoms in total. The largest absolute Gasteiger partial charge is 0.384 e. The zero-order valence-corrected chi connectivity index (χ0v) is 18.9. The van der Waals surface area contributed by atoms with Crippen molar-refractivity contribution >= 4 is 51.8 Å². The van der Waals surface area contributed by atoms with Gasteiger partial charge in [-0.25, -0.2) is 3.11 Å². The summed E-state index contributed by atoms with van der Waals surface area (Å²) in [7, 11) is 0. The van der Waals surface area contributed by atoms with Crippen molar-refractivity contribution in [3.63, 3.8) is 0 Å². The van der Waals surface area contributed by atoms with Gasteiger partial charge in [0.25, 0.3) is 5.91 Å². The molecule has 1 aromatic heterocycles. The van der Waals surface area contributed by atoms with Gasteiger partial charge in [-0.05, 0) is 53.1 Å². The van der Waals surface area contributed by atoms with E-state index in [1.54, 1.807) is 12.4 Å². The summed E-state index contributed by atoms with van der Waals surface area (Å²) in [5.41, 5.74) is 6.61. The van der Waals surface area contributed by atoms with Gasteiger partial charge in [-0.1, -0.05) is 31.2 Å². The van der Waals surface area contributed by atoms with Gasteiger partial charge in [-0.3, -0.25) is 9.78 Å². The molecule has 2 heterocycles. The Morgan fingerprint density at radius 2 is 1.87 bits per heavy atom. The summed E-state index contributed by atoms with van der Waals surface area (Å²) in [4.78, 5) is 16.8. The SMILES string of the molecule is CCN(I)CCNc1ccc(/C=C2\C(=O)Nc3cccc(-c4ccncc4)c32)cc1. The first kappa shape index (κ1) is 20.6. The summed E-state index contributed by atoms with van der Waals surface area (Å²) in [6.45, 7) is 5.05. The van der Waals surface area contributed by atoms with E-state index in [0.29, 0.717) is 5.57 Å². The maximum Gasteiger partial charge on any atom is 0.256 e. The molecule has 6 heteroatoms. The number of nitrogens with zero attached hydrogens (tertiary/aromatic N) is 2. The topological polar surface area (TPSA) is 57.3 Å². The summed E-state index contributed by atoms with van der Waals surface area (Å²) in [6, 6.07) is 18.1. The van der Waals surface area contributed by atoms with Crippen LogP contribution in [-0.2, 0) is 4.79 Å². The van der Waals surface area contributed by atoms with Crippen LogP contribution in [0.4, 0.5) is 11.4 Å². The Balaban J connectivity index is 1.59. The third kappa shape index (κ3) is 4.55. The van der Waals surface area contributed by atoms with Crippen molar-refractivity contribution in [1.29, 1.82) is 0 Å². The van der Waals surface area contributed by atoms with Crippen molar-refractivity contribution in [2.24, 2.45) is 0 Å². The minimum atomic E-state index is -0.0737. The van der Waals surface area contributed by atoms with Gasteiger partial charge in [0, 0.05) is 71.8 Å². The lowest BCUT2D eigenvalue weighted by Gasteiger charge is -2.12. The van der Waals surface area contributed by atoms with Crippen LogP contribution in [0.2, 0.25) is 0 Å². The fourth-order valence-electron chi connectivity index (χ4n) is 3.50. The van der Waals surface area contributed by atoms with Crippen LogP contribution in [0.3, 0.4) is 0 Å². The van der Waals surface area contributed by atoms with Crippen LogP contribution in [0.1, 0.15) is 18.1 Å². The molecule has 0 spiro atoms. The summed E-state index contributed by atoms with van der Waals surface area (Å²) in [5, 5.41) is 6.43. The number of hydrogen-bond acceptors (Lipinski definition) is 4. The van der Waals surface area contributed by atoms with E-state index in [-0.39, 0.29) is 5.91 Å². The van der Waals surface area contributed by atoms with Crippen LogP contribution in [-0.4, -0.2) is 33.6 Å². The fourth-order valence-corrected chi connectivity index (χ4v) is 3.74. The zero-order valence-electron chi connectivity index (χ0n) is 16.7. The molecule has 0 aliphatic carbocycles. The molecule has 0 bridgehead atoms. The number of rotatable bonds is 7. The summed E-state index contributed by atoms with van der Waals surface area (Å²) in [6.07, 6.45) is 5.50. The molecule has 0 fully saturated rings. The van der Waals surface area contributed by atoms with Crippen LogP contribution < -0.4 is 10.6 Å². The quantitative estimate of drug-likeness (QED) is 0.257. The highest BCUT2D eigenvalue weighted by Crippen LogP contribution is 2.40. The Morgan fingerprint density at radius 3 is 2.60 bits per heavy atom. The standard InChI is InChI=1S/C24H23IN4O/c1-2-29(25)15-14-27-19-8-6-17(7-9-19)16-21-23-20(18-10-12-26-13-11-18)4-3-5-22(23)28-24(21)30/h3-13,16,27H,2,14-15H2,1H3,(H,28,30)/b21-16-. The van der Waals surface area contributed by atoms with Gasteiger partial charge in [-0.15, -0.1) is 0 Å². The van der Waals surface area contributed by atoms with E-state index in [4.69, 9.17) is 0 Å². The zero-order chi connectivity index (χ0) is 20.9. The van der Waals surface area contributed by atoms with Gasteiger partial charge in [0.2, 0.25) is 0 Å². The fraction of sp³-hybridized carbons (Fsp3) is 0.167. The number of anilines is 2. The molecule has 1 amide bonds. The molecule has 1 aliphatic heterocycles. The van der Waals surface area contributed by atoms with Gasteiger partial charge >= 0.3 is 0 Å². The molecule has 0 radical (unpaired) electrons. The Kier molecular flexibility index (Phi) is 6.44. The van der Waals surface area contributed by atoms with E-state index in [9.17, 15) is 4.79 Å². The van der Waals surface area contributed by atoms with Crippen molar-refractivity contribution in [1.82, 2.24) is 8.10 Å². The van der Waals surface area contributed by atoms with Crippen LogP contribution in [0.5, 0.6) is 0 Å². The van der Waals surface area contributed by atoms with Crippen LogP contribution in [0.25, 0.3) is 22.8 Å². The van der Waals surface area contributed by atoms with E-state index in [1.807, 2.05) is 48.5 Å². The highest BCUT2D eigenvalue weighted by Gasteiger charge is 2.27. The normalized spacial score (nSPS) is 14.1. The van der Waals surface area contributed by atoms with Crippen molar-refractivity contribution in [2.75, 3.05) is 30.3 Å². The third-order valence-corrected chi connectivity index (χ3v) is 6.23. The molecule has 0 saturated heterocycles. The first-order valence-electron chi connectivity index (χ1n) is 9.97. The molecule has 1 aliphatic rings. The van der Waals surface area contributed by atoms with Crippen molar-refractivity contribution in [2.45, 2.75) is 6.92 Å². The maximum absolute atomic E-state index is 12.7. The minimum absolute atomic E-state index is 0.0737. The van der Waals surface area contributed by atoms with Crippen molar-refractivity contribution in [3.05, 3.63) is 78.1 Å². The lowest BCUT2D eigenvalue weighted by molar-refractivity contribution is -0.110. The number of halogens is 1. The second kappa shape index (κ2) is 9.40. The number of hydrogen-bond donors (Lipinski definition) is 2. The molecular formula is C24H23IN4O. The van der Waals surface area contributed by atoms with Crippen molar-refractivity contribution in [3.8, 4) is 11.1 Å². The van der Waals surface area contributed by atoms with Gasteiger partial charge in [0.15, 0.2) is 0 Å². The summed E-state index contributed by atoms with van der Waals surface area (Å²) >= 11 is 2.33. The number of carbonyl (C=O) groups is 1. The third-order valence-electron chi connectivity index (χ3n) is 5.07. The molecule has 30 heavy (non-hydrogen) atoms. The predicted molar refractivity (Wildman–Crippen MR) is 132 cm³/mol. The number of nitrogens with one attached hydrogen (secondary N) is 2. The highest BCUT2D eigenvalue weighted by atomic mass is 127. The van der Waals surface area contributed by atoms with Gasteiger partial charge in [0.05, 0.1) is 5.57 Å². The van der Waals surface area contributed by atoms with E-state index < -0.39 is 0 Å². The Morgan fingerprint density at radius 1 is 1.10 bits per heavy atom. The summed E-state index contributed by atoms with van der Waals surface area (Å²) in [5.74, 6) is -0.0737. The molecular weight excluding hydrogens is 487 g/mol. The molecule has 2 N–H and O–H groups in total. The number of fused-ring (bicyclic) bond motifs is 1. The monoisotopic (exact) mass is 510 g/mol. The molecule has 2 aromatic carbocycles. The van der Waals surface area contributed by atoms with Gasteiger partial charge in [0.1, 0.15) is 0 Å². The Bertz CT molecular complexity index is 1060. The second-order valence-corrected chi connectivity index (χ2v) is 8.39. The number of carbonyl (C=O) groups excluding carboxylic acids is 1. The van der Waals surface area contributed by atoms with Crippen LogP contribution in [0, 0.1) is 0 Å². The number of pyridine rings is 1. The van der Waals surface area contributed by atoms with Gasteiger partial charge in [-0.2, -0.15) is 0 Å². The molecule has 0 saturated carbocycles. The van der Waals surface area contributed by atoms with E-state index in [1.165, 1.54) is 0 Å². The predicted octanol–water partition coefficient (Wildman–Crippen LogP) is 5.33. The van der Waals surface area contributed by atoms with Gasteiger partial charge < -0.3 is 10.6 Å². The number of aromatic nitrogens is 1. The number of likely N-dealkylation sites (N-methyl/N-ethyl adjacent to an activating group) is 1. The number of benzene rings is 2. The second-order valence-electron chi connectivity index (χ2n) is 7.03. The average molecular weight is 510 g/mol. The van der Waals surface area contributed by atoms with E-state index in [0.717, 1.165) is 53.3 Å². The van der Waals surface area contributed by atoms with E-state index in [2.05, 4.69) is 60.7 Å². The smallest absolute Gasteiger partial charge is 0.256 e. The minimum Gasteiger partial charge on any atom is -0.384 e. The van der Waals surface area contributed by atoms with Crippen molar-refractivity contribution < 1.29 is 4.79 Å². The Labute approximate surface area is 190 Å². The lowest BCUT2D eigenvalue weighted by atomic mass is 9.94. The maximum atomic E-state index is 12.7.